The fourth-order valence-electron chi connectivity index (χ4n) is 5.17. The van der Waals surface area contributed by atoms with Crippen molar-refractivity contribution < 1.29 is 33.1 Å². The number of hydrogen-bond donors (Lipinski definition) is 0. The van der Waals surface area contributed by atoms with Crippen LogP contribution in [0.3, 0.4) is 0 Å². The van der Waals surface area contributed by atoms with E-state index in [-0.39, 0.29) is 12.6 Å². The first-order valence-corrected chi connectivity index (χ1v) is 16.8. The van der Waals surface area contributed by atoms with E-state index in [1.54, 1.807) is 62.8 Å². The summed E-state index contributed by atoms with van der Waals surface area (Å²) in [6, 6.07) is 40.8. The predicted molar refractivity (Wildman–Crippen MR) is 179 cm³/mol. The Morgan fingerprint density at radius 3 is 1.41 bits per heavy atom. The highest BCUT2D eigenvalue weighted by atomic mass is 31.2. The van der Waals surface area contributed by atoms with E-state index in [4.69, 9.17) is 18.9 Å². The molecule has 5 aromatic carbocycles. The Balaban J connectivity index is 1.53. The smallest absolute Gasteiger partial charge is 0.338 e. The molecule has 0 radical (unpaired) electrons. The summed E-state index contributed by atoms with van der Waals surface area (Å²) in [5.74, 6) is -0.0185. The molecule has 0 unspecified atom stereocenters. The number of carbonyl (C=O) groups is 2. The number of ether oxygens (including phenoxy) is 4. The second-order valence-electron chi connectivity index (χ2n) is 10.6. The summed E-state index contributed by atoms with van der Waals surface area (Å²) in [5.41, 5.74) is 1.24. The van der Waals surface area contributed by atoms with Gasteiger partial charge in [0.25, 0.3) is 0 Å². The van der Waals surface area contributed by atoms with E-state index in [1.165, 1.54) is 0 Å². The quantitative estimate of drug-likeness (QED) is 0.0998. The van der Waals surface area contributed by atoms with Gasteiger partial charge in [0.05, 0.1) is 25.3 Å². The van der Waals surface area contributed by atoms with Crippen LogP contribution in [0, 0.1) is 0 Å². The van der Waals surface area contributed by atoms with Gasteiger partial charge in [-0.1, -0.05) is 91.0 Å². The molecule has 0 fully saturated rings. The SMILES string of the molecule is COc1ccc(C(=O)O[C@@H](CCP(=O)(c2ccccc2)c2ccccc2)[C@@H](OC(=O)c2ccc(OC)cc2)c2ccccc2)cc1. The lowest BCUT2D eigenvalue weighted by Gasteiger charge is -2.29. The lowest BCUT2D eigenvalue weighted by atomic mass is 10.0. The molecule has 0 heterocycles. The third kappa shape index (κ3) is 7.74. The molecule has 0 aliphatic rings. The van der Waals surface area contributed by atoms with Gasteiger partial charge in [-0.25, -0.2) is 9.59 Å². The lowest BCUT2D eigenvalue weighted by Crippen LogP contribution is -2.31. The minimum absolute atomic E-state index is 0.137. The van der Waals surface area contributed by atoms with Gasteiger partial charge in [-0.15, -0.1) is 0 Å². The van der Waals surface area contributed by atoms with Crippen LogP contribution in [0.15, 0.2) is 140 Å². The van der Waals surface area contributed by atoms with Crippen LogP contribution in [0.5, 0.6) is 11.5 Å². The lowest BCUT2D eigenvalue weighted by molar-refractivity contribution is -0.0382. The van der Waals surface area contributed by atoms with Crippen LogP contribution in [0.25, 0.3) is 0 Å². The Bertz CT molecular complexity index is 1710. The standard InChI is InChI=1S/C38H35O7P/c1-42-31-22-18-29(19-23-31)37(39)44-35(26-27-46(41,33-14-8-4-9-15-33)34-16-10-5-11-17-34)36(28-12-6-3-7-13-28)45-38(40)30-20-24-32(43-2)25-21-30/h3-25,35-36H,26-27H2,1-2H3/t35-,36-/m0/s1. The van der Waals surface area contributed by atoms with Crippen LogP contribution >= 0.6 is 7.14 Å². The van der Waals surface area contributed by atoms with Gasteiger partial charge in [0.15, 0.2) is 6.10 Å². The van der Waals surface area contributed by atoms with E-state index in [2.05, 4.69) is 0 Å². The van der Waals surface area contributed by atoms with E-state index in [0.717, 1.165) is 0 Å². The van der Waals surface area contributed by atoms with E-state index in [1.807, 2.05) is 91.0 Å². The Morgan fingerprint density at radius 1 is 0.565 bits per heavy atom. The number of benzene rings is 5. The maximum Gasteiger partial charge on any atom is 0.338 e. The van der Waals surface area contributed by atoms with Crippen molar-refractivity contribution in [3.8, 4) is 11.5 Å². The molecule has 2 atom stereocenters. The molecule has 7 nitrogen and oxygen atoms in total. The first-order chi connectivity index (χ1) is 22.4. The maximum atomic E-state index is 14.9. The molecule has 0 amide bonds. The molecule has 46 heavy (non-hydrogen) atoms. The van der Waals surface area contributed by atoms with Crippen molar-refractivity contribution in [1.82, 2.24) is 0 Å². The summed E-state index contributed by atoms with van der Waals surface area (Å²) in [6.45, 7) is 0. The van der Waals surface area contributed by atoms with Gasteiger partial charge >= 0.3 is 11.9 Å². The summed E-state index contributed by atoms with van der Waals surface area (Å²) in [4.78, 5) is 27.1. The number of hydrogen-bond acceptors (Lipinski definition) is 7. The van der Waals surface area contributed by atoms with Crippen molar-refractivity contribution in [2.24, 2.45) is 0 Å². The van der Waals surface area contributed by atoms with Gasteiger partial charge in [-0.3, -0.25) is 0 Å². The van der Waals surface area contributed by atoms with Gasteiger partial charge in [-0.2, -0.15) is 0 Å². The maximum absolute atomic E-state index is 14.9. The van der Waals surface area contributed by atoms with Crippen LogP contribution in [0.1, 0.15) is 38.8 Å². The molecule has 5 aromatic rings. The molecule has 0 aliphatic heterocycles. The zero-order valence-corrected chi connectivity index (χ0v) is 26.5. The minimum atomic E-state index is -3.20. The Kier molecular flexibility index (Phi) is 10.7. The molecular weight excluding hydrogens is 599 g/mol. The Hall–Kier alpha value is -5.13. The monoisotopic (exact) mass is 634 g/mol. The minimum Gasteiger partial charge on any atom is -0.497 e. The van der Waals surface area contributed by atoms with Crippen molar-refractivity contribution in [3.05, 3.63) is 156 Å². The van der Waals surface area contributed by atoms with Gasteiger partial charge in [-0.05, 0) is 60.5 Å². The van der Waals surface area contributed by atoms with Crippen LogP contribution < -0.4 is 20.1 Å². The molecule has 0 saturated heterocycles. The predicted octanol–water partition coefficient (Wildman–Crippen LogP) is 7.23. The first kappa shape index (κ1) is 32.3. The average Bonchev–Trinajstić information content (AvgIpc) is 3.13. The molecule has 0 N–H and O–H groups in total. The Morgan fingerprint density at radius 2 is 0.978 bits per heavy atom. The normalized spacial score (nSPS) is 12.4. The largest absolute Gasteiger partial charge is 0.497 e. The van der Waals surface area contributed by atoms with E-state index >= 15 is 0 Å². The topological polar surface area (TPSA) is 88.1 Å². The fraction of sp³-hybridized carbons (Fsp3) is 0.158. The van der Waals surface area contributed by atoms with Crippen molar-refractivity contribution in [2.45, 2.75) is 18.6 Å². The van der Waals surface area contributed by atoms with E-state index < -0.39 is 31.3 Å². The second kappa shape index (κ2) is 15.2. The molecule has 8 heteroatoms. The summed E-state index contributed by atoms with van der Waals surface area (Å²) in [6.07, 6.45) is -1.69. The summed E-state index contributed by atoms with van der Waals surface area (Å²) in [5, 5.41) is 1.38. The first-order valence-electron chi connectivity index (χ1n) is 14.9. The molecular formula is C38H35O7P. The summed E-state index contributed by atoms with van der Waals surface area (Å²) >= 11 is 0. The number of methoxy groups -OCH3 is 2. The highest BCUT2D eigenvalue weighted by molar-refractivity contribution is 7.78. The van der Waals surface area contributed by atoms with Gasteiger partial charge in [0.1, 0.15) is 24.7 Å². The third-order valence-corrected chi connectivity index (χ3v) is 10.8. The van der Waals surface area contributed by atoms with Crippen molar-refractivity contribution in [3.63, 3.8) is 0 Å². The van der Waals surface area contributed by atoms with Gasteiger partial charge < -0.3 is 23.5 Å². The van der Waals surface area contributed by atoms with Crippen LogP contribution in [0.2, 0.25) is 0 Å². The van der Waals surface area contributed by atoms with Gasteiger partial charge in [0, 0.05) is 16.8 Å². The van der Waals surface area contributed by atoms with Crippen molar-refractivity contribution in [2.75, 3.05) is 20.4 Å². The van der Waals surface area contributed by atoms with Gasteiger partial charge in [0.2, 0.25) is 0 Å². The third-order valence-electron chi connectivity index (χ3n) is 7.68. The van der Waals surface area contributed by atoms with Crippen molar-refractivity contribution >= 4 is 29.7 Å². The van der Waals surface area contributed by atoms with Crippen LogP contribution in [-0.4, -0.2) is 38.4 Å². The molecule has 0 saturated carbocycles. The zero-order valence-electron chi connectivity index (χ0n) is 25.7. The molecule has 234 valence electrons. The Labute approximate surface area is 269 Å². The van der Waals surface area contributed by atoms with E-state index in [0.29, 0.717) is 38.8 Å². The highest BCUT2D eigenvalue weighted by Crippen LogP contribution is 2.45. The van der Waals surface area contributed by atoms with Crippen LogP contribution in [-0.2, 0) is 14.0 Å². The summed E-state index contributed by atoms with van der Waals surface area (Å²) < 4.78 is 37.7. The molecule has 0 spiro atoms. The van der Waals surface area contributed by atoms with Crippen molar-refractivity contribution in [1.29, 1.82) is 0 Å². The average molecular weight is 635 g/mol. The zero-order chi connectivity index (χ0) is 32.4. The van der Waals surface area contributed by atoms with E-state index in [9.17, 15) is 14.2 Å². The highest BCUT2D eigenvalue weighted by Gasteiger charge is 2.35. The number of esters is 2. The fourth-order valence-corrected chi connectivity index (χ4v) is 7.91. The number of carbonyl (C=O) groups excluding carboxylic acids is 2. The van der Waals surface area contributed by atoms with Crippen LogP contribution in [0.4, 0.5) is 0 Å². The summed E-state index contributed by atoms with van der Waals surface area (Å²) in [7, 11) is -0.109. The molecule has 0 bridgehead atoms. The molecule has 0 aliphatic carbocycles. The number of rotatable bonds is 13. The molecule has 0 aromatic heterocycles. The second-order valence-corrected chi connectivity index (χ2v) is 13.5. The molecule has 5 rings (SSSR count).